The van der Waals surface area contributed by atoms with Gasteiger partial charge in [0, 0.05) is 18.0 Å². The molecule has 0 unspecified atom stereocenters. The van der Waals surface area contributed by atoms with Gasteiger partial charge in [0.2, 0.25) is 5.91 Å². The van der Waals surface area contributed by atoms with Crippen LogP contribution in [-0.4, -0.2) is 10.9 Å². The fourth-order valence-electron chi connectivity index (χ4n) is 2.42. The predicted octanol–water partition coefficient (Wildman–Crippen LogP) is 4.67. The van der Waals surface area contributed by atoms with Crippen molar-refractivity contribution in [3.8, 4) is 0 Å². The summed E-state index contributed by atoms with van der Waals surface area (Å²) in [6, 6.07) is 18.1. The first-order valence-corrected chi connectivity index (χ1v) is 7.53. The van der Waals surface area contributed by atoms with Crippen molar-refractivity contribution in [1.29, 1.82) is 0 Å². The number of fused-ring (bicyclic) bond motifs is 1. The van der Waals surface area contributed by atoms with Crippen LogP contribution in [0, 0.1) is 6.92 Å². The normalized spacial score (nSPS) is 11.0. The Hall–Kier alpha value is -2.94. The summed E-state index contributed by atoms with van der Waals surface area (Å²) < 4.78 is 0. The van der Waals surface area contributed by atoms with Gasteiger partial charge in [-0.2, -0.15) is 0 Å². The van der Waals surface area contributed by atoms with Gasteiger partial charge in [0.25, 0.3) is 0 Å². The summed E-state index contributed by atoms with van der Waals surface area (Å²) in [6.45, 7) is 3.58. The number of amides is 1. The summed E-state index contributed by atoms with van der Waals surface area (Å²) in [6.07, 6.45) is 4.01. The second kappa shape index (κ2) is 6.44. The molecule has 0 radical (unpaired) electrons. The number of carbonyl (C=O) groups excluding carboxylic acids is 1. The highest BCUT2D eigenvalue weighted by Crippen LogP contribution is 2.16. The second-order valence-electron chi connectivity index (χ2n) is 5.57. The number of hydrogen-bond acceptors (Lipinski definition) is 2. The van der Waals surface area contributed by atoms with Crippen molar-refractivity contribution in [2.45, 2.75) is 13.8 Å². The number of nitrogens with one attached hydrogen (secondary N) is 1. The molecule has 23 heavy (non-hydrogen) atoms. The lowest BCUT2D eigenvalue weighted by molar-refractivity contribution is -0.114. The van der Waals surface area contributed by atoms with Crippen LogP contribution >= 0.6 is 0 Å². The molecule has 0 fully saturated rings. The Morgan fingerprint density at radius 1 is 1.00 bits per heavy atom. The van der Waals surface area contributed by atoms with Gasteiger partial charge in [-0.3, -0.25) is 4.79 Å². The number of aromatic nitrogens is 1. The summed E-state index contributed by atoms with van der Waals surface area (Å²) >= 11 is 0. The number of pyridine rings is 1. The largest absolute Gasteiger partial charge is 0.326 e. The summed E-state index contributed by atoms with van der Waals surface area (Å²) in [5, 5.41) is 3.91. The highest BCUT2D eigenvalue weighted by molar-refractivity contribution is 5.88. The molecule has 0 aliphatic carbocycles. The Labute approximate surface area is 135 Å². The van der Waals surface area contributed by atoms with Crippen molar-refractivity contribution in [3.05, 3.63) is 71.4 Å². The SMILES string of the molecule is CC(=O)Nc1ccc(/C=C/c2ccc3cc(C)ccc3n2)cc1. The number of carbonyl (C=O) groups is 1. The molecule has 3 nitrogen and oxygen atoms in total. The van der Waals surface area contributed by atoms with Crippen LogP contribution in [-0.2, 0) is 4.79 Å². The van der Waals surface area contributed by atoms with Crippen LogP contribution in [0.25, 0.3) is 23.1 Å². The molecule has 0 bridgehead atoms. The molecule has 3 rings (SSSR count). The van der Waals surface area contributed by atoms with Crippen LogP contribution in [0.3, 0.4) is 0 Å². The zero-order chi connectivity index (χ0) is 16.2. The maximum absolute atomic E-state index is 11.0. The fraction of sp³-hybridized carbons (Fsp3) is 0.100. The second-order valence-corrected chi connectivity index (χ2v) is 5.57. The summed E-state index contributed by atoms with van der Waals surface area (Å²) in [5.74, 6) is -0.0658. The highest BCUT2D eigenvalue weighted by atomic mass is 16.1. The highest BCUT2D eigenvalue weighted by Gasteiger charge is 1.97. The quantitative estimate of drug-likeness (QED) is 0.763. The number of benzene rings is 2. The summed E-state index contributed by atoms with van der Waals surface area (Å²) in [4.78, 5) is 15.6. The number of rotatable bonds is 3. The van der Waals surface area contributed by atoms with Crippen molar-refractivity contribution in [1.82, 2.24) is 4.98 Å². The molecule has 0 aliphatic rings. The molecule has 3 aromatic rings. The molecule has 0 saturated heterocycles. The topological polar surface area (TPSA) is 42.0 Å². The zero-order valence-corrected chi connectivity index (χ0v) is 13.2. The molecule has 0 saturated carbocycles. The third-order valence-corrected chi connectivity index (χ3v) is 3.54. The van der Waals surface area contributed by atoms with E-state index < -0.39 is 0 Å². The van der Waals surface area contributed by atoms with Crippen molar-refractivity contribution < 1.29 is 4.79 Å². The van der Waals surface area contributed by atoms with Crippen LogP contribution in [0.2, 0.25) is 0 Å². The van der Waals surface area contributed by atoms with Gasteiger partial charge in [0.15, 0.2) is 0 Å². The van der Waals surface area contributed by atoms with E-state index in [1.807, 2.05) is 48.6 Å². The third-order valence-electron chi connectivity index (χ3n) is 3.54. The van der Waals surface area contributed by atoms with Crippen molar-refractivity contribution in [2.24, 2.45) is 0 Å². The molecule has 1 aromatic heterocycles. The molecule has 1 N–H and O–H groups in total. The van der Waals surface area contributed by atoms with Crippen molar-refractivity contribution >= 4 is 34.6 Å². The van der Waals surface area contributed by atoms with Gasteiger partial charge >= 0.3 is 0 Å². The Morgan fingerprint density at radius 2 is 1.78 bits per heavy atom. The van der Waals surface area contributed by atoms with Crippen molar-refractivity contribution in [2.75, 3.05) is 5.32 Å². The monoisotopic (exact) mass is 302 g/mol. The first-order valence-electron chi connectivity index (χ1n) is 7.53. The predicted molar refractivity (Wildman–Crippen MR) is 96.2 cm³/mol. The average molecular weight is 302 g/mol. The minimum absolute atomic E-state index is 0.0658. The first-order chi connectivity index (χ1) is 11.1. The maximum Gasteiger partial charge on any atom is 0.221 e. The van der Waals surface area contributed by atoms with E-state index in [1.165, 1.54) is 12.5 Å². The lowest BCUT2D eigenvalue weighted by atomic mass is 10.1. The lowest BCUT2D eigenvalue weighted by Gasteiger charge is -2.02. The van der Waals surface area contributed by atoms with Gasteiger partial charge in [0.1, 0.15) is 0 Å². The molecule has 2 aromatic carbocycles. The zero-order valence-electron chi connectivity index (χ0n) is 13.2. The van der Waals surface area contributed by atoms with E-state index in [4.69, 9.17) is 0 Å². The Morgan fingerprint density at radius 3 is 2.52 bits per heavy atom. The molecule has 1 heterocycles. The van der Waals surface area contributed by atoms with Gasteiger partial charge in [-0.05, 0) is 48.9 Å². The summed E-state index contributed by atoms with van der Waals surface area (Å²) in [5.41, 5.74) is 5.02. The molecular formula is C20H18N2O. The Bertz CT molecular complexity index is 880. The van der Waals surface area contributed by atoms with E-state index in [1.54, 1.807) is 0 Å². The van der Waals surface area contributed by atoms with E-state index in [-0.39, 0.29) is 5.91 Å². The summed E-state index contributed by atoms with van der Waals surface area (Å²) in [7, 11) is 0. The smallest absolute Gasteiger partial charge is 0.221 e. The van der Waals surface area contributed by atoms with E-state index >= 15 is 0 Å². The number of aryl methyl sites for hydroxylation is 1. The van der Waals surface area contributed by atoms with Gasteiger partial charge < -0.3 is 5.32 Å². The molecule has 0 aliphatic heterocycles. The third kappa shape index (κ3) is 3.83. The molecular weight excluding hydrogens is 284 g/mol. The van der Waals surface area contributed by atoms with Gasteiger partial charge in [-0.15, -0.1) is 0 Å². The maximum atomic E-state index is 11.0. The van der Waals surface area contributed by atoms with E-state index in [0.717, 1.165) is 27.8 Å². The van der Waals surface area contributed by atoms with Crippen LogP contribution in [0.4, 0.5) is 5.69 Å². The van der Waals surface area contributed by atoms with Crippen LogP contribution in [0.1, 0.15) is 23.7 Å². The van der Waals surface area contributed by atoms with E-state index in [9.17, 15) is 4.79 Å². The van der Waals surface area contributed by atoms with Crippen LogP contribution in [0.5, 0.6) is 0 Å². The molecule has 1 amide bonds. The Balaban J connectivity index is 1.79. The van der Waals surface area contributed by atoms with E-state index in [0.29, 0.717) is 0 Å². The molecule has 0 spiro atoms. The van der Waals surface area contributed by atoms with Crippen LogP contribution in [0.15, 0.2) is 54.6 Å². The molecule has 114 valence electrons. The number of nitrogens with zero attached hydrogens (tertiary/aromatic N) is 1. The molecule has 3 heteroatoms. The van der Waals surface area contributed by atoms with Gasteiger partial charge in [0.05, 0.1) is 11.2 Å². The Kier molecular flexibility index (Phi) is 4.20. The molecule has 0 atom stereocenters. The average Bonchev–Trinajstić information content (AvgIpc) is 2.53. The minimum atomic E-state index is -0.0658. The first kappa shape index (κ1) is 15.0. The fourth-order valence-corrected chi connectivity index (χ4v) is 2.42. The van der Waals surface area contributed by atoms with Gasteiger partial charge in [-0.1, -0.05) is 35.9 Å². The van der Waals surface area contributed by atoms with Crippen LogP contribution < -0.4 is 5.32 Å². The standard InChI is InChI=1S/C20H18N2O/c1-14-3-12-20-17(13-14)7-11-19(22-20)10-6-16-4-8-18(9-5-16)21-15(2)23/h3-13H,1-2H3,(H,21,23)/b10-6+. The van der Waals surface area contributed by atoms with E-state index in [2.05, 4.69) is 35.4 Å². The lowest BCUT2D eigenvalue weighted by Crippen LogP contribution is -2.05. The number of hydrogen-bond donors (Lipinski definition) is 1. The minimum Gasteiger partial charge on any atom is -0.326 e. The van der Waals surface area contributed by atoms with Crippen molar-refractivity contribution in [3.63, 3.8) is 0 Å². The number of anilines is 1. The van der Waals surface area contributed by atoms with Gasteiger partial charge in [-0.25, -0.2) is 4.98 Å².